The predicted octanol–water partition coefficient (Wildman–Crippen LogP) is 4.91. The number of sulfonamides is 1. The lowest BCUT2D eigenvalue weighted by Crippen LogP contribution is -2.56. The van der Waals surface area contributed by atoms with Crippen LogP contribution in [0.2, 0.25) is 0 Å². The lowest BCUT2D eigenvalue weighted by Gasteiger charge is -2.35. The van der Waals surface area contributed by atoms with Gasteiger partial charge in [-0.3, -0.25) is 13.9 Å². The largest absolute Gasteiger partial charge is 0.350 e. The highest BCUT2D eigenvalue weighted by atomic mass is 79.9. The predicted molar refractivity (Wildman–Crippen MR) is 155 cm³/mol. The van der Waals surface area contributed by atoms with Gasteiger partial charge in [-0.2, -0.15) is 0 Å². The highest BCUT2D eigenvalue weighted by molar-refractivity contribution is 9.10. The van der Waals surface area contributed by atoms with Gasteiger partial charge in [-0.15, -0.1) is 0 Å². The average Bonchev–Trinajstić information content (AvgIpc) is 2.85. The van der Waals surface area contributed by atoms with Crippen molar-refractivity contribution in [3.63, 3.8) is 0 Å². The second-order valence-electron chi connectivity index (χ2n) is 10.3. The number of carbonyl (C=O) groups excluding carboxylic acids is 2. The zero-order valence-electron chi connectivity index (χ0n) is 22.4. The first-order valence-corrected chi connectivity index (χ1v) is 15.0. The minimum atomic E-state index is -3.88. The van der Waals surface area contributed by atoms with Crippen molar-refractivity contribution in [3.8, 4) is 0 Å². The third-order valence-electron chi connectivity index (χ3n) is 5.86. The van der Waals surface area contributed by atoms with Crippen molar-refractivity contribution in [2.75, 3.05) is 17.1 Å². The van der Waals surface area contributed by atoms with Gasteiger partial charge in [-0.25, -0.2) is 12.8 Å². The zero-order valence-corrected chi connectivity index (χ0v) is 24.8. The summed E-state index contributed by atoms with van der Waals surface area (Å²) in [6, 6.07) is 20.7. The van der Waals surface area contributed by atoms with Gasteiger partial charge >= 0.3 is 0 Å². The number of nitrogens with zero attached hydrogens (tertiary/aromatic N) is 2. The van der Waals surface area contributed by atoms with Crippen LogP contribution >= 0.6 is 15.9 Å². The van der Waals surface area contributed by atoms with E-state index in [-0.39, 0.29) is 18.5 Å². The van der Waals surface area contributed by atoms with E-state index in [2.05, 4.69) is 21.2 Å². The Balaban J connectivity index is 2.08. The Bertz CT molecular complexity index is 1390. The van der Waals surface area contributed by atoms with E-state index >= 15 is 0 Å². The lowest BCUT2D eigenvalue weighted by molar-refractivity contribution is -0.140. The summed E-state index contributed by atoms with van der Waals surface area (Å²) in [6.07, 6.45) is 1.16. The first-order chi connectivity index (χ1) is 18.2. The highest BCUT2D eigenvalue weighted by Crippen LogP contribution is 2.23. The molecular formula is C29H33BrFN3O4S. The van der Waals surface area contributed by atoms with Crippen LogP contribution in [0, 0.1) is 5.82 Å². The van der Waals surface area contributed by atoms with Gasteiger partial charge in [0.2, 0.25) is 21.8 Å². The summed E-state index contributed by atoms with van der Waals surface area (Å²) in [6.45, 7) is 4.69. The topological polar surface area (TPSA) is 86.8 Å². The maximum atomic E-state index is 14.8. The van der Waals surface area contributed by atoms with Crippen molar-refractivity contribution in [1.82, 2.24) is 10.2 Å². The van der Waals surface area contributed by atoms with Crippen LogP contribution < -0.4 is 9.62 Å². The van der Waals surface area contributed by atoms with E-state index in [9.17, 15) is 22.4 Å². The third-order valence-corrected chi connectivity index (χ3v) is 7.53. The Morgan fingerprint density at radius 3 is 2.10 bits per heavy atom. The van der Waals surface area contributed by atoms with Crippen molar-refractivity contribution in [2.45, 2.75) is 45.3 Å². The number of anilines is 1. The van der Waals surface area contributed by atoms with Crippen molar-refractivity contribution >= 4 is 43.5 Å². The number of hydrogen-bond donors (Lipinski definition) is 1. The molecule has 0 bridgehead atoms. The van der Waals surface area contributed by atoms with E-state index in [1.54, 1.807) is 36.4 Å². The molecule has 3 aromatic rings. The Labute approximate surface area is 238 Å². The molecule has 0 saturated heterocycles. The summed E-state index contributed by atoms with van der Waals surface area (Å²) < 4.78 is 42.1. The van der Waals surface area contributed by atoms with E-state index in [0.717, 1.165) is 20.6 Å². The van der Waals surface area contributed by atoms with Crippen molar-refractivity contribution in [3.05, 3.63) is 100 Å². The molecule has 7 nitrogen and oxygen atoms in total. The van der Waals surface area contributed by atoms with Crippen LogP contribution in [0.1, 0.15) is 31.9 Å². The number of hydrogen-bond acceptors (Lipinski definition) is 4. The number of carbonyl (C=O) groups is 2. The molecule has 0 unspecified atom stereocenters. The first kappa shape index (κ1) is 30.3. The number of rotatable bonds is 10. The van der Waals surface area contributed by atoms with Gasteiger partial charge < -0.3 is 10.2 Å². The normalized spacial score (nSPS) is 12.5. The molecule has 10 heteroatoms. The summed E-state index contributed by atoms with van der Waals surface area (Å²) in [5.41, 5.74) is 0.695. The van der Waals surface area contributed by atoms with Crippen LogP contribution in [-0.2, 0) is 32.6 Å². The molecule has 0 radical (unpaired) electrons. The summed E-state index contributed by atoms with van der Waals surface area (Å²) in [5, 5.41) is 2.93. The molecule has 0 fully saturated rings. The monoisotopic (exact) mass is 617 g/mol. The number of nitrogens with one attached hydrogen (secondary N) is 1. The van der Waals surface area contributed by atoms with Crippen molar-refractivity contribution in [1.29, 1.82) is 0 Å². The van der Waals surface area contributed by atoms with Crippen LogP contribution in [0.4, 0.5) is 10.1 Å². The van der Waals surface area contributed by atoms with Crippen LogP contribution in [0.15, 0.2) is 83.3 Å². The molecule has 0 aliphatic rings. The van der Waals surface area contributed by atoms with E-state index in [4.69, 9.17) is 0 Å². The summed E-state index contributed by atoms with van der Waals surface area (Å²) in [4.78, 5) is 28.9. The first-order valence-electron chi connectivity index (χ1n) is 12.4. The third kappa shape index (κ3) is 8.90. The Kier molecular flexibility index (Phi) is 9.90. The van der Waals surface area contributed by atoms with E-state index in [0.29, 0.717) is 5.69 Å². The SMILES string of the molecule is CC(C)(C)NC(=O)[C@@H](Cc1ccccc1)N(Cc1ccccc1F)C(=O)CN(c1ccc(Br)cc1)S(C)(=O)=O. The van der Waals surface area contributed by atoms with Gasteiger partial charge in [0.15, 0.2) is 0 Å². The van der Waals surface area contributed by atoms with Crippen LogP contribution in [0.5, 0.6) is 0 Å². The zero-order chi connectivity index (χ0) is 28.8. The molecule has 2 amide bonds. The fourth-order valence-corrected chi connectivity index (χ4v) is 5.15. The maximum Gasteiger partial charge on any atom is 0.244 e. The number of halogens is 2. The van der Waals surface area contributed by atoms with E-state index in [1.807, 2.05) is 51.1 Å². The molecule has 0 heterocycles. The average molecular weight is 619 g/mol. The van der Waals surface area contributed by atoms with Gasteiger partial charge in [0.05, 0.1) is 11.9 Å². The molecule has 0 aliphatic heterocycles. The summed E-state index contributed by atoms with van der Waals surface area (Å²) in [5.74, 6) is -1.60. The number of amides is 2. The fourth-order valence-electron chi connectivity index (χ4n) is 4.04. The summed E-state index contributed by atoms with van der Waals surface area (Å²) in [7, 11) is -3.88. The Morgan fingerprint density at radius 2 is 1.54 bits per heavy atom. The minimum Gasteiger partial charge on any atom is -0.350 e. The Morgan fingerprint density at radius 1 is 0.949 bits per heavy atom. The second kappa shape index (κ2) is 12.7. The molecule has 3 rings (SSSR count). The summed E-state index contributed by atoms with van der Waals surface area (Å²) >= 11 is 3.33. The second-order valence-corrected chi connectivity index (χ2v) is 13.1. The molecule has 0 saturated carbocycles. The fraction of sp³-hybridized carbons (Fsp3) is 0.310. The van der Waals surface area contributed by atoms with E-state index in [1.165, 1.54) is 17.0 Å². The molecule has 39 heavy (non-hydrogen) atoms. The quantitative estimate of drug-likeness (QED) is 0.350. The van der Waals surface area contributed by atoms with Gasteiger partial charge in [-0.05, 0) is 56.7 Å². The van der Waals surface area contributed by atoms with E-state index < -0.39 is 45.8 Å². The Hall–Kier alpha value is -3.24. The van der Waals surface area contributed by atoms with Crippen molar-refractivity contribution in [2.24, 2.45) is 0 Å². The van der Waals surface area contributed by atoms with Crippen LogP contribution in [-0.4, -0.2) is 49.5 Å². The molecule has 0 aliphatic carbocycles. The molecule has 0 spiro atoms. The molecular weight excluding hydrogens is 585 g/mol. The van der Waals surface area contributed by atoms with Gasteiger partial charge in [0, 0.05) is 28.5 Å². The van der Waals surface area contributed by atoms with Gasteiger partial charge in [0.25, 0.3) is 0 Å². The minimum absolute atomic E-state index is 0.153. The van der Waals surface area contributed by atoms with Crippen LogP contribution in [0.25, 0.3) is 0 Å². The molecule has 1 N–H and O–H groups in total. The van der Waals surface area contributed by atoms with Gasteiger partial charge in [-0.1, -0.05) is 64.5 Å². The number of benzene rings is 3. The molecule has 208 valence electrons. The van der Waals surface area contributed by atoms with Crippen LogP contribution in [0.3, 0.4) is 0 Å². The lowest BCUT2D eigenvalue weighted by atomic mass is 10.0. The molecule has 3 aromatic carbocycles. The molecule has 0 aromatic heterocycles. The highest BCUT2D eigenvalue weighted by Gasteiger charge is 2.34. The van der Waals surface area contributed by atoms with Gasteiger partial charge in [0.1, 0.15) is 18.4 Å². The smallest absolute Gasteiger partial charge is 0.244 e. The van der Waals surface area contributed by atoms with Crippen molar-refractivity contribution < 1.29 is 22.4 Å². The standard InChI is InChI=1S/C29H33BrFN3O4S/c1-29(2,3)32-28(36)26(18-21-10-6-5-7-11-21)33(19-22-12-8-9-13-25(22)31)27(35)20-34(39(4,37)38)24-16-14-23(30)15-17-24/h5-17,26H,18-20H2,1-4H3,(H,32,36)/t26-/m1/s1. The molecule has 1 atom stereocenters. The maximum absolute atomic E-state index is 14.8.